The number of halogens is 1. The quantitative estimate of drug-likeness (QED) is 0.838. The fourth-order valence-electron chi connectivity index (χ4n) is 1.66. The first-order valence-electron chi connectivity index (χ1n) is 5.10. The number of anilines is 1. The average Bonchev–Trinajstić information content (AvgIpc) is 2.25. The van der Waals surface area contributed by atoms with E-state index in [9.17, 15) is 4.39 Å². The SMILES string of the molecule is Cc1cc(F)ccc1Cc1ccncc1N. The molecule has 0 saturated carbocycles. The lowest BCUT2D eigenvalue weighted by Crippen LogP contribution is -1.98. The molecule has 1 heterocycles. The minimum absolute atomic E-state index is 0.205. The molecule has 2 nitrogen and oxygen atoms in total. The molecular weight excluding hydrogens is 203 g/mol. The Hall–Kier alpha value is -1.90. The van der Waals surface area contributed by atoms with E-state index in [0.29, 0.717) is 12.1 Å². The number of nitrogens with zero attached hydrogens (tertiary/aromatic N) is 1. The lowest BCUT2D eigenvalue weighted by atomic mass is 10.0. The molecule has 2 rings (SSSR count). The third-order valence-electron chi connectivity index (χ3n) is 2.63. The molecule has 0 fully saturated rings. The summed E-state index contributed by atoms with van der Waals surface area (Å²) in [6.07, 6.45) is 4.05. The summed E-state index contributed by atoms with van der Waals surface area (Å²) in [5.74, 6) is -0.205. The van der Waals surface area contributed by atoms with E-state index in [1.54, 1.807) is 18.5 Å². The molecule has 0 aliphatic carbocycles. The van der Waals surface area contributed by atoms with E-state index in [-0.39, 0.29) is 5.82 Å². The highest BCUT2D eigenvalue weighted by molar-refractivity contribution is 5.47. The summed E-state index contributed by atoms with van der Waals surface area (Å²) in [6, 6.07) is 6.69. The van der Waals surface area contributed by atoms with Gasteiger partial charge in [-0.2, -0.15) is 0 Å². The number of nitrogens with two attached hydrogens (primary N) is 1. The smallest absolute Gasteiger partial charge is 0.123 e. The van der Waals surface area contributed by atoms with Crippen LogP contribution in [0.25, 0.3) is 0 Å². The summed E-state index contributed by atoms with van der Waals surface area (Å²) in [6.45, 7) is 1.90. The van der Waals surface area contributed by atoms with E-state index >= 15 is 0 Å². The van der Waals surface area contributed by atoms with Crippen molar-refractivity contribution in [2.75, 3.05) is 5.73 Å². The summed E-state index contributed by atoms with van der Waals surface area (Å²) in [7, 11) is 0. The lowest BCUT2D eigenvalue weighted by Gasteiger charge is -2.07. The molecule has 0 bridgehead atoms. The second-order valence-corrected chi connectivity index (χ2v) is 3.82. The topological polar surface area (TPSA) is 38.9 Å². The number of rotatable bonds is 2. The molecule has 0 atom stereocenters. The van der Waals surface area contributed by atoms with Crippen LogP contribution >= 0.6 is 0 Å². The van der Waals surface area contributed by atoms with Crippen molar-refractivity contribution in [1.82, 2.24) is 4.98 Å². The molecule has 2 aromatic rings. The summed E-state index contributed by atoms with van der Waals surface area (Å²) < 4.78 is 12.9. The maximum absolute atomic E-state index is 12.9. The molecule has 0 unspecified atom stereocenters. The molecule has 1 aromatic heterocycles. The molecule has 0 aliphatic heterocycles. The first-order valence-corrected chi connectivity index (χ1v) is 5.10. The Morgan fingerprint density at radius 2 is 2.06 bits per heavy atom. The van der Waals surface area contributed by atoms with Gasteiger partial charge in [0.05, 0.1) is 11.9 Å². The predicted molar refractivity (Wildman–Crippen MR) is 62.6 cm³/mol. The average molecular weight is 216 g/mol. The maximum atomic E-state index is 12.9. The van der Waals surface area contributed by atoms with E-state index in [2.05, 4.69) is 4.98 Å². The number of aryl methyl sites for hydroxylation is 1. The van der Waals surface area contributed by atoms with Crippen LogP contribution in [0.3, 0.4) is 0 Å². The zero-order valence-electron chi connectivity index (χ0n) is 9.07. The predicted octanol–water partition coefficient (Wildman–Crippen LogP) is 2.70. The molecule has 2 N–H and O–H groups in total. The second kappa shape index (κ2) is 4.31. The Labute approximate surface area is 93.9 Å². The van der Waals surface area contributed by atoms with Crippen molar-refractivity contribution in [1.29, 1.82) is 0 Å². The number of benzene rings is 1. The highest BCUT2D eigenvalue weighted by atomic mass is 19.1. The summed E-state index contributed by atoms with van der Waals surface area (Å²) >= 11 is 0. The first-order chi connectivity index (χ1) is 7.66. The third kappa shape index (κ3) is 2.19. The summed E-state index contributed by atoms with van der Waals surface area (Å²) in [5, 5.41) is 0. The fraction of sp³-hybridized carbons (Fsp3) is 0.154. The van der Waals surface area contributed by atoms with Crippen LogP contribution in [0.1, 0.15) is 16.7 Å². The van der Waals surface area contributed by atoms with Gasteiger partial charge in [0.2, 0.25) is 0 Å². The van der Waals surface area contributed by atoms with Gasteiger partial charge in [-0.3, -0.25) is 4.98 Å². The second-order valence-electron chi connectivity index (χ2n) is 3.82. The normalized spacial score (nSPS) is 10.4. The zero-order valence-corrected chi connectivity index (χ0v) is 9.07. The molecule has 0 spiro atoms. The van der Waals surface area contributed by atoms with Gasteiger partial charge in [-0.05, 0) is 48.2 Å². The van der Waals surface area contributed by atoms with E-state index in [1.807, 2.05) is 13.0 Å². The monoisotopic (exact) mass is 216 g/mol. The fourth-order valence-corrected chi connectivity index (χ4v) is 1.66. The molecule has 0 amide bonds. The van der Waals surface area contributed by atoms with Crippen LogP contribution < -0.4 is 5.73 Å². The Kier molecular flexibility index (Phi) is 2.86. The van der Waals surface area contributed by atoms with Crippen molar-refractivity contribution in [3.63, 3.8) is 0 Å². The van der Waals surface area contributed by atoms with E-state index in [0.717, 1.165) is 16.7 Å². The molecule has 0 radical (unpaired) electrons. The highest BCUT2D eigenvalue weighted by Gasteiger charge is 2.04. The third-order valence-corrected chi connectivity index (χ3v) is 2.63. The number of hydrogen-bond acceptors (Lipinski definition) is 2. The molecule has 3 heteroatoms. The summed E-state index contributed by atoms with van der Waals surface area (Å²) in [5.41, 5.74) is 9.53. The van der Waals surface area contributed by atoms with Crippen molar-refractivity contribution < 1.29 is 4.39 Å². The minimum atomic E-state index is -0.205. The largest absolute Gasteiger partial charge is 0.397 e. The molecule has 0 saturated heterocycles. The minimum Gasteiger partial charge on any atom is -0.397 e. The maximum Gasteiger partial charge on any atom is 0.123 e. The van der Waals surface area contributed by atoms with Crippen molar-refractivity contribution in [3.05, 3.63) is 59.2 Å². The van der Waals surface area contributed by atoms with Gasteiger partial charge in [-0.1, -0.05) is 6.07 Å². The van der Waals surface area contributed by atoms with Gasteiger partial charge in [0, 0.05) is 6.20 Å². The Bertz CT molecular complexity index is 509. The van der Waals surface area contributed by atoms with E-state index in [1.165, 1.54) is 12.1 Å². The number of hydrogen-bond donors (Lipinski definition) is 1. The van der Waals surface area contributed by atoms with Crippen molar-refractivity contribution in [3.8, 4) is 0 Å². The van der Waals surface area contributed by atoms with E-state index in [4.69, 9.17) is 5.73 Å². The lowest BCUT2D eigenvalue weighted by molar-refractivity contribution is 0.626. The van der Waals surface area contributed by atoms with Gasteiger partial charge in [0.15, 0.2) is 0 Å². The van der Waals surface area contributed by atoms with Crippen LogP contribution in [0, 0.1) is 12.7 Å². The standard InChI is InChI=1S/C13H13FN2/c1-9-6-12(14)3-2-10(9)7-11-4-5-16-8-13(11)15/h2-6,8H,7,15H2,1H3. The van der Waals surface area contributed by atoms with Crippen LogP contribution in [0.5, 0.6) is 0 Å². The van der Waals surface area contributed by atoms with Crippen LogP contribution in [-0.2, 0) is 6.42 Å². The van der Waals surface area contributed by atoms with Crippen LogP contribution in [0.15, 0.2) is 36.7 Å². The van der Waals surface area contributed by atoms with Crippen LogP contribution in [-0.4, -0.2) is 4.98 Å². The van der Waals surface area contributed by atoms with Gasteiger partial charge >= 0.3 is 0 Å². The molecule has 1 aromatic carbocycles. The van der Waals surface area contributed by atoms with Crippen molar-refractivity contribution in [2.24, 2.45) is 0 Å². The number of pyridine rings is 1. The van der Waals surface area contributed by atoms with Gasteiger partial charge in [0.25, 0.3) is 0 Å². The van der Waals surface area contributed by atoms with Crippen LogP contribution in [0.2, 0.25) is 0 Å². The van der Waals surface area contributed by atoms with Crippen molar-refractivity contribution in [2.45, 2.75) is 13.3 Å². The molecular formula is C13H13FN2. The van der Waals surface area contributed by atoms with Crippen LogP contribution in [0.4, 0.5) is 10.1 Å². The zero-order chi connectivity index (χ0) is 11.5. The Morgan fingerprint density at radius 1 is 1.25 bits per heavy atom. The van der Waals surface area contributed by atoms with Gasteiger partial charge in [-0.25, -0.2) is 4.39 Å². The number of aromatic nitrogens is 1. The molecule has 82 valence electrons. The molecule has 16 heavy (non-hydrogen) atoms. The van der Waals surface area contributed by atoms with Gasteiger partial charge in [0.1, 0.15) is 5.82 Å². The first kappa shape index (κ1) is 10.6. The molecule has 0 aliphatic rings. The number of nitrogen functional groups attached to an aromatic ring is 1. The highest BCUT2D eigenvalue weighted by Crippen LogP contribution is 2.18. The Morgan fingerprint density at radius 3 is 2.75 bits per heavy atom. The summed E-state index contributed by atoms with van der Waals surface area (Å²) in [4.78, 5) is 3.94. The van der Waals surface area contributed by atoms with Gasteiger partial charge < -0.3 is 5.73 Å². The van der Waals surface area contributed by atoms with Crippen molar-refractivity contribution >= 4 is 5.69 Å². The van der Waals surface area contributed by atoms with Gasteiger partial charge in [-0.15, -0.1) is 0 Å². The van der Waals surface area contributed by atoms with E-state index < -0.39 is 0 Å². The Balaban J connectivity index is 2.31.